The Hall–Kier alpha value is -1.95. The molecule has 1 aromatic carbocycles. The Labute approximate surface area is 113 Å². The van der Waals surface area contributed by atoms with Gasteiger partial charge in [0.25, 0.3) is 0 Å². The largest absolute Gasteiger partial charge is 0.478 e. The third-order valence-electron chi connectivity index (χ3n) is 2.79. The maximum atomic E-state index is 12.1. The number of carboxylic acids is 1. The molecule has 1 heterocycles. The lowest BCUT2D eigenvalue weighted by molar-refractivity contribution is 0.0696. The minimum Gasteiger partial charge on any atom is -0.478 e. The predicted octanol–water partition coefficient (Wildman–Crippen LogP) is 1.70. The van der Waals surface area contributed by atoms with E-state index in [1.807, 2.05) is 17.7 Å². The summed E-state index contributed by atoms with van der Waals surface area (Å²) in [7, 11) is -1.22. The number of aromatic nitrogens is 2. The molecule has 0 amide bonds. The quantitative estimate of drug-likeness (QED) is 0.903. The second kappa shape index (κ2) is 5.79. The van der Waals surface area contributed by atoms with E-state index in [4.69, 9.17) is 5.11 Å². The molecular formula is C13H14N2O3S. The van der Waals surface area contributed by atoms with Gasteiger partial charge in [-0.2, -0.15) is 0 Å². The summed E-state index contributed by atoms with van der Waals surface area (Å²) >= 11 is 0. The van der Waals surface area contributed by atoms with Crippen LogP contribution in [-0.2, 0) is 17.3 Å². The first-order valence-corrected chi connectivity index (χ1v) is 7.09. The Morgan fingerprint density at radius 2 is 2.26 bits per heavy atom. The molecule has 1 N–H and O–H groups in total. The van der Waals surface area contributed by atoms with E-state index >= 15 is 0 Å². The average Bonchev–Trinajstić information content (AvgIpc) is 2.81. The summed E-state index contributed by atoms with van der Waals surface area (Å²) in [6, 6.07) is 6.24. The number of rotatable bonds is 5. The number of aryl methyl sites for hydroxylation is 2. The van der Waals surface area contributed by atoms with Crippen molar-refractivity contribution in [3.05, 3.63) is 48.0 Å². The molecule has 1 unspecified atom stereocenters. The van der Waals surface area contributed by atoms with E-state index in [0.29, 0.717) is 17.2 Å². The first-order chi connectivity index (χ1) is 9.08. The summed E-state index contributed by atoms with van der Waals surface area (Å²) in [4.78, 5) is 15.5. The molecule has 100 valence electrons. The normalized spacial score (nSPS) is 12.3. The van der Waals surface area contributed by atoms with Crippen molar-refractivity contribution in [1.29, 1.82) is 0 Å². The molecule has 0 saturated carbocycles. The van der Waals surface area contributed by atoms with Crippen molar-refractivity contribution in [1.82, 2.24) is 9.55 Å². The molecule has 0 fully saturated rings. The second-order valence-corrected chi connectivity index (χ2v) is 5.62. The van der Waals surface area contributed by atoms with E-state index < -0.39 is 16.8 Å². The van der Waals surface area contributed by atoms with Crippen LogP contribution in [0.1, 0.15) is 16.2 Å². The van der Waals surface area contributed by atoms with Gasteiger partial charge >= 0.3 is 5.97 Å². The molecule has 0 aliphatic heterocycles. The summed E-state index contributed by atoms with van der Waals surface area (Å²) in [5.74, 6) is 0.292. The third kappa shape index (κ3) is 3.29. The van der Waals surface area contributed by atoms with Gasteiger partial charge in [-0.15, -0.1) is 0 Å². The van der Waals surface area contributed by atoms with Gasteiger partial charge in [-0.05, 0) is 25.1 Å². The highest BCUT2D eigenvalue weighted by atomic mass is 32.2. The monoisotopic (exact) mass is 278 g/mol. The summed E-state index contributed by atoms with van der Waals surface area (Å²) in [5, 5.41) is 8.90. The highest BCUT2D eigenvalue weighted by Gasteiger charge is 2.09. The number of carbonyl (C=O) groups is 1. The number of hydrogen-bond donors (Lipinski definition) is 1. The SMILES string of the molecule is Cc1nccn1CCS(=O)c1cccc(C(=O)O)c1. The topological polar surface area (TPSA) is 72.2 Å². The molecule has 0 spiro atoms. The first-order valence-electron chi connectivity index (χ1n) is 5.77. The molecule has 0 bridgehead atoms. The molecule has 1 atom stereocenters. The first kappa shape index (κ1) is 13.5. The molecule has 1 aromatic heterocycles. The zero-order valence-corrected chi connectivity index (χ0v) is 11.3. The number of imidazole rings is 1. The van der Waals surface area contributed by atoms with Crippen LogP contribution >= 0.6 is 0 Å². The molecule has 19 heavy (non-hydrogen) atoms. The van der Waals surface area contributed by atoms with Gasteiger partial charge in [0, 0.05) is 29.6 Å². The van der Waals surface area contributed by atoms with Crippen LogP contribution in [0.3, 0.4) is 0 Å². The minimum atomic E-state index is -1.22. The van der Waals surface area contributed by atoms with Crippen molar-refractivity contribution in [2.24, 2.45) is 0 Å². The maximum Gasteiger partial charge on any atom is 0.335 e. The number of aromatic carboxylic acids is 1. The van der Waals surface area contributed by atoms with Crippen LogP contribution in [0.15, 0.2) is 41.6 Å². The van der Waals surface area contributed by atoms with Crippen LogP contribution in [0.2, 0.25) is 0 Å². The van der Waals surface area contributed by atoms with Crippen molar-refractivity contribution < 1.29 is 14.1 Å². The number of carboxylic acid groups (broad SMARTS) is 1. The Kier molecular flexibility index (Phi) is 4.11. The van der Waals surface area contributed by atoms with Crippen LogP contribution < -0.4 is 0 Å². The van der Waals surface area contributed by atoms with E-state index in [9.17, 15) is 9.00 Å². The maximum absolute atomic E-state index is 12.1. The van der Waals surface area contributed by atoms with Crippen LogP contribution in [0.5, 0.6) is 0 Å². The van der Waals surface area contributed by atoms with Crippen LogP contribution in [-0.4, -0.2) is 30.6 Å². The molecule has 2 rings (SSSR count). The smallest absolute Gasteiger partial charge is 0.335 e. The number of hydrogen-bond acceptors (Lipinski definition) is 3. The predicted molar refractivity (Wildman–Crippen MR) is 71.6 cm³/mol. The van der Waals surface area contributed by atoms with Gasteiger partial charge in [0.2, 0.25) is 0 Å². The number of benzene rings is 1. The van der Waals surface area contributed by atoms with E-state index in [-0.39, 0.29) is 5.56 Å². The average molecular weight is 278 g/mol. The van der Waals surface area contributed by atoms with Crippen molar-refractivity contribution >= 4 is 16.8 Å². The van der Waals surface area contributed by atoms with Crippen LogP contribution in [0.25, 0.3) is 0 Å². The molecule has 6 heteroatoms. The van der Waals surface area contributed by atoms with E-state index in [1.165, 1.54) is 12.1 Å². The number of nitrogens with zero attached hydrogens (tertiary/aromatic N) is 2. The van der Waals surface area contributed by atoms with Crippen LogP contribution in [0, 0.1) is 6.92 Å². The van der Waals surface area contributed by atoms with Gasteiger partial charge in [-0.25, -0.2) is 9.78 Å². The fraction of sp³-hybridized carbons (Fsp3) is 0.231. The fourth-order valence-corrected chi connectivity index (χ4v) is 2.80. The zero-order chi connectivity index (χ0) is 13.8. The standard InChI is InChI=1S/C13H14N2O3S/c1-10-14-5-6-15(10)7-8-19(18)12-4-2-3-11(9-12)13(16)17/h2-6,9H,7-8H2,1H3,(H,16,17). The van der Waals surface area contributed by atoms with Gasteiger partial charge in [0.1, 0.15) is 5.82 Å². The van der Waals surface area contributed by atoms with E-state index in [2.05, 4.69) is 4.98 Å². The highest BCUT2D eigenvalue weighted by Crippen LogP contribution is 2.11. The lowest BCUT2D eigenvalue weighted by atomic mass is 10.2. The van der Waals surface area contributed by atoms with Gasteiger partial charge < -0.3 is 9.67 Å². The van der Waals surface area contributed by atoms with E-state index in [1.54, 1.807) is 18.3 Å². The van der Waals surface area contributed by atoms with Crippen molar-refractivity contribution in [2.75, 3.05) is 5.75 Å². The van der Waals surface area contributed by atoms with Crippen molar-refractivity contribution in [2.45, 2.75) is 18.4 Å². The second-order valence-electron chi connectivity index (χ2n) is 4.05. The van der Waals surface area contributed by atoms with Crippen molar-refractivity contribution in [3.63, 3.8) is 0 Å². The van der Waals surface area contributed by atoms with Gasteiger partial charge in [-0.3, -0.25) is 4.21 Å². The molecule has 0 radical (unpaired) electrons. The van der Waals surface area contributed by atoms with Crippen LogP contribution in [0.4, 0.5) is 0 Å². The third-order valence-corrected chi connectivity index (χ3v) is 4.12. The molecule has 2 aromatic rings. The molecule has 0 aliphatic carbocycles. The Morgan fingerprint density at radius 1 is 1.47 bits per heavy atom. The zero-order valence-electron chi connectivity index (χ0n) is 10.4. The lowest BCUT2D eigenvalue weighted by Crippen LogP contribution is -2.09. The molecule has 0 saturated heterocycles. The Balaban J connectivity index is 2.06. The Morgan fingerprint density at radius 3 is 2.89 bits per heavy atom. The molecule has 5 nitrogen and oxygen atoms in total. The summed E-state index contributed by atoms with van der Waals surface area (Å²) in [6.45, 7) is 2.48. The van der Waals surface area contributed by atoms with Gasteiger partial charge in [-0.1, -0.05) is 6.07 Å². The molecule has 0 aliphatic rings. The minimum absolute atomic E-state index is 0.157. The fourth-order valence-electron chi connectivity index (χ4n) is 1.71. The summed E-state index contributed by atoms with van der Waals surface area (Å²) in [6.07, 6.45) is 3.53. The summed E-state index contributed by atoms with van der Waals surface area (Å²) < 4.78 is 14.0. The highest BCUT2D eigenvalue weighted by molar-refractivity contribution is 7.85. The van der Waals surface area contributed by atoms with Gasteiger partial charge in [0.15, 0.2) is 0 Å². The lowest BCUT2D eigenvalue weighted by Gasteiger charge is -2.06. The molecular weight excluding hydrogens is 264 g/mol. The summed E-state index contributed by atoms with van der Waals surface area (Å²) in [5.41, 5.74) is 0.157. The van der Waals surface area contributed by atoms with Crippen molar-refractivity contribution in [3.8, 4) is 0 Å². The Bertz CT molecular complexity index is 622. The van der Waals surface area contributed by atoms with Gasteiger partial charge in [0.05, 0.1) is 16.4 Å². The van der Waals surface area contributed by atoms with E-state index in [0.717, 1.165) is 5.82 Å².